The third-order valence-corrected chi connectivity index (χ3v) is 9.14. The predicted molar refractivity (Wildman–Crippen MR) is 129 cm³/mol. The van der Waals surface area contributed by atoms with E-state index in [2.05, 4.69) is 9.71 Å². The summed E-state index contributed by atoms with van der Waals surface area (Å²) < 4.78 is 25.8. The summed E-state index contributed by atoms with van der Waals surface area (Å²) in [5.41, 5.74) is 1.87. The minimum atomic E-state index is -3.31. The van der Waals surface area contributed by atoms with E-state index < -0.39 is 10.0 Å². The molecule has 0 radical (unpaired) electrons. The van der Waals surface area contributed by atoms with Crippen LogP contribution in [-0.4, -0.2) is 26.7 Å². The van der Waals surface area contributed by atoms with Crippen LogP contribution in [0.3, 0.4) is 0 Å². The third-order valence-electron chi connectivity index (χ3n) is 4.02. The van der Waals surface area contributed by atoms with Crippen molar-refractivity contribution in [3.05, 3.63) is 82.7 Å². The number of thiophene rings is 1. The Morgan fingerprint density at radius 3 is 2.23 bits per heavy atom. The maximum Gasteiger partial charge on any atom is 0.249 e. The number of aryl methyl sites for hydroxylation is 1. The Balaban J connectivity index is 0.000000179. The summed E-state index contributed by atoms with van der Waals surface area (Å²) in [7, 11) is -1.90. The third kappa shape index (κ3) is 6.34. The predicted octanol–water partition coefficient (Wildman–Crippen LogP) is 5.74. The first-order valence-corrected chi connectivity index (χ1v) is 13.2. The molecule has 0 unspecified atom stereocenters. The van der Waals surface area contributed by atoms with Crippen molar-refractivity contribution >= 4 is 50.7 Å². The number of sulfonamides is 1. The summed E-state index contributed by atoms with van der Waals surface area (Å²) in [5.74, 6) is 0. The maximum absolute atomic E-state index is 11.6. The van der Waals surface area contributed by atoms with Crippen molar-refractivity contribution in [2.45, 2.75) is 20.9 Å². The first-order valence-electron chi connectivity index (χ1n) is 9.16. The lowest BCUT2D eigenvalue weighted by molar-refractivity contribution is 0.112. The van der Waals surface area contributed by atoms with Crippen LogP contribution in [0.1, 0.15) is 15.4 Å². The fraction of sp³-hybridized carbons (Fsp3) is 0.0909. The fourth-order valence-electron chi connectivity index (χ4n) is 2.44. The molecule has 160 valence electrons. The minimum absolute atomic E-state index is 0.346. The number of aromatic nitrogens is 1. The molecule has 0 aliphatic rings. The Bertz CT molecular complexity index is 1230. The van der Waals surface area contributed by atoms with Crippen LogP contribution >= 0.6 is 34.4 Å². The normalized spacial score (nSPS) is 10.9. The second-order valence-corrected chi connectivity index (χ2v) is 11.4. The smallest absolute Gasteiger partial charge is 0.249 e. The molecule has 0 saturated heterocycles. The minimum Gasteiger partial charge on any atom is -0.297 e. The molecule has 4 aromatic rings. The van der Waals surface area contributed by atoms with E-state index in [-0.39, 0.29) is 0 Å². The van der Waals surface area contributed by atoms with Crippen molar-refractivity contribution < 1.29 is 13.2 Å². The number of hydrogen-bond donors (Lipinski definition) is 1. The van der Waals surface area contributed by atoms with Crippen LogP contribution in [0.15, 0.2) is 86.1 Å². The molecule has 31 heavy (non-hydrogen) atoms. The number of rotatable bonds is 6. The van der Waals surface area contributed by atoms with Gasteiger partial charge in [0.25, 0.3) is 0 Å². The molecule has 0 aliphatic carbocycles. The average molecular weight is 489 g/mol. The van der Waals surface area contributed by atoms with Crippen molar-refractivity contribution in [3.63, 3.8) is 0 Å². The van der Waals surface area contributed by atoms with E-state index in [0.29, 0.717) is 9.09 Å². The van der Waals surface area contributed by atoms with Gasteiger partial charge in [-0.2, -0.15) is 0 Å². The van der Waals surface area contributed by atoms with E-state index >= 15 is 0 Å². The summed E-state index contributed by atoms with van der Waals surface area (Å²) >= 11 is 4.22. The summed E-state index contributed by atoms with van der Waals surface area (Å²) in [6.07, 6.45) is 0.861. The van der Waals surface area contributed by atoms with E-state index in [1.54, 1.807) is 17.8 Å². The molecule has 0 amide bonds. The molecular weight excluding hydrogens is 469 g/mol. The van der Waals surface area contributed by atoms with Crippen molar-refractivity contribution in [2.24, 2.45) is 0 Å². The van der Waals surface area contributed by atoms with E-state index in [0.717, 1.165) is 32.3 Å². The van der Waals surface area contributed by atoms with Gasteiger partial charge >= 0.3 is 0 Å². The van der Waals surface area contributed by atoms with Crippen molar-refractivity contribution in [1.29, 1.82) is 0 Å². The van der Waals surface area contributed by atoms with Crippen LogP contribution in [0.25, 0.3) is 10.6 Å². The summed E-state index contributed by atoms with van der Waals surface area (Å²) in [5, 5.41) is 2.76. The van der Waals surface area contributed by atoms with Gasteiger partial charge in [0.1, 0.15) is 9.22 Å². The molecule has 2 heterocycles. The zero-order valence-electron chi connectivity index (χ0n) is 16.8. The number of thiazole rings is 1. The molecule has 0 atom stereocenters. The lowest BCUT2D eigenvalue weighted by Crippen LogP contribution is -2.17. The maximum atomic E-state index is 11.6. The van der Waals surface area contributed by atoms with Crippen LogP contribution in [0.2, 0.25) is 0 Å². The van der Waals surface area contributed by atoms with Crippen LogP contribution in [0.5, 0.6) is 0 Å². The van der Waals surface area contributed by atoms with E-state index in [1.165, 1.54) is 29.7 Å². The summed E-state index contributed by atoms with van der Waals surface area (Å²) in [6.45, 7) is 1.85. The number of nitrogens with zero attached hydrogens (tertiary/aromatic N) is 1. The molecule has 0 saturated carbocycles. The zero-order chi connectivity index (χ0) is 22.3. The van der Waals surface area contributed by atoms with Gasteiger partial charge in [0.05, 0.1) is 10.6 Å². The average Bonchev–Trinajstić information content (AvgIpc) is 3.42. The molecule has 2 aromatic carbocycles. The highest BCUT2D eigenvalue weighted by Crippen LogP contribution is 2.32. The van der Waals surface area contributed by atoms with Crippen LogP contribution in [-0.2, 0) is 10.0 Å². The van der Waals surface area contributed by atoms with Gasteiger partial charge in [0, 0.05) is 20.7 Å². The quantitative estimate of drug-likeness (QED) is 0.350. The second kappa shape index (κ2) is 10.8. The summed E-state index contributed by atoms with van der Waals surface area (Å²) in [4.78, 5) is 17.7. The lowest BCUT2D eigenvalue weighted by Gasteiger charge is -1.97. The molecule has 4 rings (SSSR count). The summed E-state index contributed by atoms with van der Waals surface area (Å²) in [6, 6.07) is 21.4. The van der Waals surface area contributed by atoms with Crippen LogP contribution < -0.4 is 4.72 Å². The standard InChI is InChI=1S/C11H11NO2S3.C11H9NOS/c1-12-17(13,14)11-7-10(8-15-11)16-9-5-3-2-4-6-9;1-8-10(7-13)14-11(12-8)9-5-3-2-4-6-9/h2-8,12H,1H3;2-7H,1H3. The van der Waals surface area contributed by atoms with Gasteiger partial charge in [0.2, 0.25) is 10.0 Å². The number of aldehydes is 1. The Hall–Kier alpha value is -2.30. The highest BCUT2D eigenvalue weighted by molar-refractivity contribution is 7.99. The van der Waals surface area contributed by atoms with Gasteiger partial charge in [0.15, 0.2) is 6.29 Å². The first kappa shape index (κ1) is 23.4. The van der Waals surface area contributed by atoms with Gasteiger partial charge in [-0.1, -0.05) is 60.3 Å². The number of hydrogen-bond acceptors (Lipinski definition) is 7. The molecule has 0 spiro atoms. The van der Waals surface area contributed by atoms with E-state index in [9.17, 15) is 13.2 Å². The molecule has 5 nitrogen and oxygen atoms in total. The van der Waals surface area contributed by atoms with Crippen LogP contribution in [0.4, 0.5) is 0 Å². The first-order chi connectivity index (χ1) is 14.9. The molecule has 0 bridgehead atoms. The molecule has 9 heteroatoms. The Kier molecular flexibility index (Phi) is 8.16. The van der Waals surface area contributed by atoms with Crippen LogP contribution in [0, 0.1) is 6.92 Å². The highest BCUT2D eigenvalue weighted by Gasteiger charge is 2.14. The van der Waals surface area contributed by atoms with Gasteiger partial charge < -0.3 is 0 Å². The van der Waals surface area contributed by atoms with Crippen molar-refractivity contribution in [3.8, 4) is 10.6 Å². The fourth-order valence-corrected chi connectivity index (χ4v) is 6.44. The van der Waals surface area contributed by atoms with Gasteiger partial charge in [-0.25, -0.2) is 18.1 Å². The van der Waals surface area contributed by atoms with Gasteiger partial charge in [-0.05, 0) is 32.2 Å². The Labute approximate surface area is 194 Å². The van der Waals surface area contributed by atoms with Gasteiger partial charge in [-0.3, -0.25) is 4.79 Å². The van der Waals surface area contributed by atoms with Crippen molar-refractivity contribution in [2.75, 3.05) is 7.05 Å². The SMILES string of the molecule is CNS(=O)(=O)c1cc(Sc2ccccc2)cs1.Cc1nc(-c2ccccc2)sc1C=O. The Morgan fingerprint density at radius 2 is 1.65 bits per heavy atom. The van der Waals surface area contributed by atoms with Gasteiger partial charge in [-0.15, -0.1) is 22.7 Å². The monoisotopic (exact) mass is 488 g/mol. The Morgan fingerprint density at radius 1 is 1.00 bits per heavy atom. The van der Waals surface area contributed by atoms with E-state index in [4.69, 9.17) is 0 Å². The van der Waals surface area contributed by atoms with Crippen molar-refractivity contribution in [1.82, 2.24) is 9.71 Å². The number of benzene rings is 2. The lowest BCUT2D eigenvalue weighted by atomic mass is 10.2. The topological polar surface area (TPSA) is 76.1 Å². The molecule has 1 N–H and O–H groups in total. The largest absolute Gasteiger partial charge is 0.297 e. The second-order valence-electron chi connectivity index (χ2n) is 6.18. The molecule has 0 aliphatic heterocycles. The molecule has 2 aromatic heterocycles. The number of nitrogens with one attached hydrogen (secondary N) is 1. The molecular formula is C22H20N2O3S4. The number of carbonyl (C=O) groups excluding carboxylic acids is 1. The molecule has 0 fully saturated rings. The highest BCUT2D eigenvalue weighted by atomic mass is 32.2. The van der Waals surface area contributed by atoms with E-state index in [1.807, 2.05) is 73.0 Å². The zero-order valence-corrected chi connectivity index (χ0v) is 20.1. The number of carbonyl (C=O) groups is 1.